The highest BCUT2D eigenvalue weighted by Gasteiger charge is 2.08. The number of hydrazone groups is 1. The average Bonchev–Trinajstić information content (AvgIpc) is 2.84. The fourth-order valence-corrected chi connectivity index (χ4v) is 3.05. The molecule has 0 aliphatic carbocycles. The molecule has 3 aromatic carbocycles. The molecular weight excluding hydrogens is 484 g/mol. The number of nitrogens with one attached hydrogen (secondary N) is 1. The Balaban J connectivity index is 1.63. The van der Waals surface area contributed by atoms with Gasteiger partial charge in [-0.05, 0) is 54.1 Å². The molecule has 0 unspecified atom stereocenters. The van der Waals surface area contributed by atoms with Crippen LogP contribution in [0.3, 0.4) is 0 Å². The van der Waals surface area contributed by atoms with Crippen molar-refractivity contribution >= 4 is 40.1 Å². The van der Waals surface area contributed by atoms with Gasteiger partial charge in [-0.2, -0.15) is 5.10 Å². The van der Waals surface area contributed by atoms with Crippen molar-refractivity contribution in [2.45, 2.75) is 0 Å². The van der Waals surface area contributed by atoms with Crippen LogP contribution in [-0.2, 0) is 4.79 Å². The predicted octanol–water partition coefficient (Wildman–Crippen LogP) is 5.40. The molecule has 0 aliphatic heterocycles. The second kappa shape index (κ2) is 12.2. The molecule has 0 aliphatic rings. The van der Waals surface area contributed by atoms with E-state index >= 15 is 0 Å². The minimum atomic E-state index is -0.529. The molecule has 1 N–H and O–H groups in total. The third-order valence-electron chi connectivity index (χ3n) is 4.25. The van der Waals surface area contributed by atoms with Gasteiger partial charge in [0.1, 0.15) is 18.1 Å². The Bertz CT molecular complexity index is 1170. The monoisotopic (exact) mass is 504 g/mol. The number of amides is 1. The van der Waals surface area contributed by atoms with E-state index < -0.39 is 5.97 Å². The lowest BCUT2D eigenvalue weighted by atomic mass is 10.2. The van der Waals surface area contributed by atoms with E-state index in [0.29, 0.717) is 29.2 Å². The first-order valence-corrected chi connectivity index (χ1v) is 10.8. The minimum absolute atomic E-state index is 0.308. The molecule has 0 radical (unpaired) electrons. The highest BCUT2D eigenvalue weighted by Crippen LogP contribution is 2.22. The van der Waals surface area contributed by atoms with Crippen molar-refractivity contribution in [3.63, 3.8) is 0 Å². The van der Waals surface area contributed by atoms with Gasteiger partial charge in [0.05, 0.1) is 6.21 Å². The Morgan fingerprint density at radius 1 is 1.03 bits per heavy atom. The SMILES string of the molecule is C=CCOc1ccc(C(=O)NN=Cc2cc(Br)ccc2OC(=O)C=Cc2ccccc2)cc1. The number of benzene rings is 3. The lowest BCUT2D eigenvalue weighted by Gasteiger charge is -2.07. The molecule has 0 saturated carbocycles. The van der Waals surface area contributed by atoms with E-state index in [1.54, 1.807) is 54.6 Å². The van der Waals surface area contributed by atoms with Crippen LogP contribution in [0.1, 0.15) is 21.5 Å². The molecule has 7 heteroatoms. The zero-order valence-corrected chi connectivity index (χ0v) is 19.2. The fourth-order valence-electron chi connectivity index (χ4n) is 2.67. The summed E-state index contributed by atoms with van der Waals surface area (Å²) in [6.45, 7) is 3.98. The van der Waals surface area contributed by atoms with Gasteiger partial charge in [0, 0.05) is 21.7 Å². The maximum absolute atomic E-state index is 12.3. The topological polar surface area (TPSA) is 77.0 Å². The molecule has 166 valence electrons. The standard InChI is InChI=1S/C26H21BrN2O4/c1-2-16-32-23-12-9-20(10-13-23)26(31)29-28-18-21-17-22(27)11-14-24(21)33-25(30)15-8-19-6-4-3-5-7-19/h2-15,17-18H,1,16H2,(H,29,31). The summed E-state index contributed by atoms with van der Waals surface area (Å²) in [4.78, 5) is 24.6. The number of hydrogen-bond acceptors (Lipinski definition) is 5. The van der Waals surface area contributed by atoms with Crippen LogP contribution in [0.5, 0.6) is 11.5 Å². The quantitative estimate of drug-likeness (QED) is 0.106. The largest absolute Gasteiger partial charge is 0.490 e. The van der Waals surface area contributed by atoms with Crippen LogP contribution < -0.4 is 14.9 Å². The van der Waals surface area contributed by atoms with Crippen molar-refractivity contribution < 1.29 is 19.1 Å². The third-order valence-corrected chi connectivity index (χ3v) is 4.74. The van der Waals surface area contributed by atoms with Crippen LogP contribution in [0.15, 0.2) is 101 Å². The maximum Gasteiger partial charge on any atom is 0.336 e. The lowest BCUT2D eigenvalue weighted by molar-refractivity contribution is -0.128. The molecule has 3 rings (SSSR count). The van der Waals surface area contributed by atoms with Crippen LogP contribution in [0, 0.1) is 0 Å². The van der Waals surface area contributed by atoms with Crippen LogP contribution in [-0.4, -0.2) is 24.7 Å². The van der Waals surface area contributed by atoms with E-state index in [1.165, 1.54) is 12.3 Å². The zero-order valence-electron chi connectivity index (χ0n) is 17.6. The molecule has 0 fully saturated rings. The number of carbonyl (C=O) groups is 2. The maximum atomic E-state index is 12.3. The van der Waals surface area contributed by atoms with Gasteiger partial charge in [0.25, 0.3) is 5.91 Å². The van der Waals surface area contributed by atoms with Crippen molar-refractivity contribution in [3.05, 3.63) is 113 Å². The van der Waals surface area contributed by atoms with Gasteiger partial charge in [-0.25, -0.2) is 10.2 Å². The highest BCUT2D eigenvalue weighted by atomic mass is 79.9. The van der Waals surface area contributed by atoms with Crippen molar-refractivity contribution in [2.24, 2.45) is 5.10 Å². The van der Waals surface area contributed by atoms with E-state index in [4.69, 9.17) is 9.47 Å². The molecule has 0 atom stereocenters. The lowest BCUT2D eigenvalue weighted by Crippen LogP contribution is -2.17. The van der Waals surface area contributed by atoms with Crippen molar-refractivity contribution in [2.75, 3.05) is 6.61 Å². The number of nitrogens with zero attached hydrogens (tertiary/aromatic N) is 1. The summed E-state index contributed by atoms with van der Waals surface area (Å²) in [6.07, 6.45) is 6.07. The van der Waals surface area contributed by atoms with Gasteiger partial charge in [0.15, 0.2) is 0 Å². The summed E-state index contributed by atoms with van der Waals surface area (Å²) in [5.74, 6) is 0.0268. The molecule has 1 amide bonds. The average molecular weight is 505 g/mol. The van der Waals surface area contributed by atoms with E-state index in [9.17, 15) is 9.59 Å². The van der Waals surface area contributed by atoms with Crippen LogP contribution in [0.4, 0.5) is 0 Å². The fraction of sp³-hybridized carbons (Fsp3) is 0.0385. The van der Waals surface area contributed by atoms with Gasteiger partial charge < -0.3 is 9.47 Å². The molecule has 0 saturated heterocycles. The third kappa shape index (κ3) is 7.59. The summed E-state index contributed by atoms with van der Waals surface area (Å²) < 4.78 is 11.6. The summed E-state index contributed by atoms with van der Waals surface area (Å²) in [5.41, 5.74) is 4.28. The molecule has 33 heavy (non-hydrogen) atoms. The first kappa shape index (κ1) is 23.7. The zero-order chi connectivity index (χ0) is 23.5. The van der Waals surface area contributed by atoms with E-state index in [-0.39, 0.29) is 5.91 Å². The number of esters is 1. The molecule has 6 nitrogen and oxygen atoms in total. The number of ether oxygens (including phenoxy) is 2. The molecule has 0 bridgehead atoms. The number of rotatable bonds is 9. The van der Waals surface area contributed by atoms with Crippen LogP contribution in [0.25, 0.3) is 6.08 Å². The molecule has 0 spiro atoms. The highest BCUT2D eigenvalue weighted by molar-refractivity contribution is 9.10. The van der Waals surface area contributed by atoms with Crippen molar-refractivity contribution in [3.8, 4) is 11.5 Å². The van der Waals surface area contributed by atoms with Gasteiger partial charge in [-0.3, -0.25) is 4.79 Å². The van der Waals surface area contributed by atoms with E-state index in [2.05, 4.69) is 33.0 Å². The first-order valence-electron chi connectivity index (χ1n) is 9.97. The summed E-state index contributed by atoms with van der Waals surface area (Å²) in [6, 6.07) is 21.2. The second-order valence-corrected chi connectivity index (χ2v) is 7.59. The van der Waals surface area contributed by atoms with Crippen molar-refractivity contribution in [1.29, 1.82) is 0 Å². The normalized spacial score (nSPS) is 10.8. The Morgan fingerprint density at radius 3 is 2.52 bits per heavy atom. The number of carbonyl (C=O) groups excluding carboxylic acids is 2. The van der Waals surface area contributed by atoms with Gasteiger partial charge in [0.2, 0.25) is 0 Å². The number of hydrogen-bond donors (Lipinski definition) is 1. The first-order chi connectivity index (χ1) is 16.0. The predicted molar refractivity (Wildman–Crippen MR) is 132 cm³/mol. The van der Waals surface area contributed by atoms with E-state index in [0.717, 1.165) is 10.0 Å². The van der Waals surface area contributed by atoms with Crippen molar-refractivity contribution in [1.82, 2.24) is 5.43 Å². The molecular formula is C26H21BrN2O4. The Labute approximate surface area is 200 Å². The summed E-state index contributed by atoms with van der Waals surface area (Å²) in [7, 11) is 0. The second-order valence-electron chi connectivity index (χ2n) is 6.67. The van der Waals surface area contributed by atoms with Crippen LogP contribution >= 0.6 is 15.9 Å². The number of halogens is 1. The van der Waals surface area contributed by atoms with E-state index in [1.807, 2.05) is 30.3 Å². The Kier molecular flexibility index (Phi) is 8.73. The van der Waals surface area contributed by atoms with Gasteiger partial charge in [-0.1, -0.05) is 58.9 Å². The molecule has 0 aromatic heterocycles. The Morgan fingerprint density at radius 2 is 1.79 bits per heavy atom. The van der Waals surface area contributed by atoms with Gasteiger partial charge >= 0.3 is 5.97 Å². The van der Waals surface area contributed by atoms with Crippen LogP contribution in [0.2, 0.25) is 0 Å². The smallest absolute Gasteiger partial charge is 0.336 e. The molecule has 3 aromatic rings. The summed E-state index contributed by atoms with van der Waals surface area (Å²) >= 11 is 3.38. The van der Waals surface area contributed by atoms with Gasteiger partial charge in [-0.15, -0.1) is 0 Å². The molecule has 0 heterocycles. The summed E-state index contributed by atoms with van der Waals surface area (Å²) in [5, 5.41) is 3.99. The Hall–Kier alpha value is -3.97. The minimum Gasteiger partial charge on any atom is -0.490 e.